The first-order chi connectivity index (χ1) is 11.3. The number of aromatic amines is 1. The summed E-state index contributed by atoms with van der Waals surface area (Å²) in [6.45, 7) is 1.64. The number of pyridine rings is 1. The maximum Gasteiger partial charge on any atom is 0.209 e. The fraction of sp³-hybridized carbons (Fsp3) is 0.278. The summed E-state index contributed by atoms with van der Waals surface area (Å²) in [6.07, 6.45) is 4.78. The average Bonchev–Trinajstić information content (AvgIpc) is 3.11. The van der Waals surface area contributed by atoms with Gasteiger partial charge in [-0.1, -0.05) is 18.2 Å². The van der Waals surface area contributed by atoms with Crippen molar-refractivity contribution < 1.29 is 4.79 Å². The highest BCUT2D eigenvalue weighted by Gasteiger charge is 2.21. The second-order valence-electron chi connectivity index (χ2n) is 6.04. The summed E-state index contributed by atoms with van der Waals surface area (Å²) in [5.41, 5.74) is 4.10. The van der Waals surface area contributed by atoms with Gasteiger partial charge in [-0.25, -0.2) is 0 Å². The molecule has 0 radical (unpaired) electrons. The number of nitrogens with zero attached hydrogens (tertiary/aromatic N) is 3. The van der Waals surface area contributed by atoms with Crippen LogP contribution in [0.25, 0.3) is 22.2 Å². The van der Waals surface area contributed by atoms with Crippen LogP contribution in [0.15, 0.2) is 42.6 Å². The van der Waals surface area contributed by atoms with Crippen LogP contribution in [0.1, 0.15) is 24.5 Å². The van der Waals surface area contributed by atoms with Crippen LogP contribution in [0.2, 0.25) is 0 Å². The highest BCUT2D eigenvalue weighted by atomic mass is 16.1. The third kappa shape index (κ3) is 2.70. The zero-order valence-corrected chi connectivity index (χ0v) is 12.8. The van der Waals surface area contributed by atoms with Gasteiger partial charge in [0, 0.05) is 41.8 Å². The van der Waals surface area contributed by atoms with Crippen LogP contribution < -0.4 is 0 Å². The highest BCUT2D eigenvalue weighted by Crippen LogP contribution is 2.29. The third-order valence-corrected chi connectivity index (χ3v) is 4.60. The number of likely N-dealkylation sites (tertiary alicyclic amines) is 1. The average molecular weight is 306 g/mol. The maximum atomic E-state index is 10.8. The Morgan fingerprint density at radius 2 is 2.00 bits per heavy atom. The molecule has 2 aromatic heterocycles. The second-order valence-corrected chi connectivity index (χ2v) is 6.04. The SMILES string of the molecule is O=CN1CCC(c2cc(-c3cnc4ccccc4c3)n[nH]2)CC1. The fourth-order valence-corrected chi connectivity index (χ4v) is 3.22. The van der Waals surface area contributed by atoms with Gasteiger partial charge >= 0.3 is 0 Å². The normalized spacial score (nSPS) is 15.9. The van der Waals surface area contributed by atoms with Gasteiger partial charge in [0.1, 0.15) is 0 Å². The molecule has 0 atom stereocenters. The summed E-state index contributed by atoms with van der Waals surface area (Å²) >= 11 is 0. The number of piperidine rings is 1. The molecular formula is C18H18N4O. The summed E-state index contributed by atoms with van der Waals surface area (Å²) in [5, 5.41) is 8.75. The number of hydrogen-bond donors (Lipinski definition) is 1. The number of aromatic nitrogens is 3. The lowest BCUT2D eigenvalue weighted by Crippen LogP contribution is -2.31. The van der Waals surface area contributed by atoms with E-state index in [1.54, 1.807) is 0 Å². The molecule has 0 unspecified atom stereocenters. The first-order valence-electron chi connectivity index (χ1n) is 7.93. The van der Waals surface area contributed by atoms with E-state index < -0.39 is 0 Å². The van der Waals surface area contributed by atoms with E-state index >= 15 is 0 Å². The fourth-order valence-electron chi connectivity index (χ4n) is 3.22. The Balaban J connectivity index is 1.58. The van der Waals surface area contributed by atoms with Crippen molar-refractivity contribution in [2.24, 2.45) is 0 Å². The van der Waals surface area contributed by atoms with Gasteiger partial charge in [0.05, 0.1) is 11.2 Å². The van der Waals surface area contributed by atoms with Crippen LogP contribution in [-0.4, -0.2) is 39.6 Å². The Labute approximate surface area is 134 Å². The molecule has 4 rings (SSSR count). The van der Waals surface area contributed by atoms with E-state index in [-0.39, 0.29) is 0 Å². The molecule has 0 spiro atoms. The van der Waals surface area contributed by atoms with Crippen molar-refractivity contribution in [3.05, 3.63) is 48.3 Å². The first-order valence-corrected chi connectivity index (χ1v) is 7.93. The standard InChI is InChI=1S/C18H18N4O/c23-12-22-7-5-13(6-8-22)17-10-18(21-20-17)15-9-14-3-1-2-4-16(14)19-11-15/h1-4,9-13H,5-8H2,(H,20,21). The van der Waals surface area contributed by atoms with Crippen LogP contribution in [0.4, 0.5) is 0 Å². The molecule has 1 aliphatic heterocycles. The van der Waals surface area contributed by atoms with Gasteiger partial charge in [-0.2, -0.15) is 5.10 Å². The minimum Gasteiger partial charge on any atom is -0.345 e. The second kappa shape index (κ2) is 5.83. The van der Waals surface area contributed by atoms with Gasteiger partial charge in [-0.15, -0.1) is 0 Å². The number of rotatable bonds is 3. The molecule has 1 amide bonds. The molecule has 0 bridgehead atoms. The Kier molecular flexibility index (Phi) is 3.54. The van der Waals surface area contributed by atoms with Crippen molar-refractivity contribution >= 4 is 17.3 Å². The topological polar surface area (TPSA) is 61.9 Å². The molecule has 0 saturated carbocycles. The maximum absolute atomic E-state index is 10.8. The number of nitrogens with one attached hydrogen (secondary N) is 1. The largest absolute Gasteiger partial charge is 0.345 e. The van der Waals surface area contributed by atoms with E-state index in [2.05, 4.69) is 33.4 Å². The monoisotopic (exact) mass is 306 g/mol. The van der Waals surface area contributed by atoms with E-state index in [1.807, 2.05) is 29.3 Å². The zero-order chi connectivity index (χ0) is 15.6. The van der Waals surface area contributed by atoms with E-state index in [1.165, 1.54) is 0 Å². The van der Waals surface area contributed by atoms with Gasteiger partial charge in [-0.05, 0) is 31.0 Å². The minimum atomic E-state index is 0.445. The smallest absolute Gasteiger partial charge is 0.209 e. The molecule has 1 aliphatic rings. The van der Waals surface area contributed by atoms with Crippen LogP contribution in [0.3, 0.4) is 0 Å². The lowest BCUT2D eigenvalue weighted by Gasteiger charge is -2.28. The summed E-state index contributed by atoms with van der Waals surface area (Å²) in [7, 11) is 0. The van der Waals surface area contributed by atoms with Crippen molar-refractivity contribution in [1.82, 2.24) is 20.1 Å². The van der Waals surface area contributed by atoms with Crippen LogP contribution in [0, 0.1) is 0 Å². The van der Waals surface area contributed by atoms with Crippen molar-refractivity contribution in [2.45, 2.75) is 18.8 Å². The minimum absolute atomic E-state index is 0.445. The Morgan fingerprint density at radius 3 is 2.83 bits per heavy atom. The molecule has 1 N–H and O–H groups in total. The molecule has 3 heterocycles. The number of hydrogen-bond acceptors (Lipinski definition) is 3. The Hall–Kier alpha value is -2.69. The third-order valence-electron chi connectivity index (χ3n) is 4.60. The van der Waals surface area contributed by atoms with Crippen molar-refractivity contribution in [2.75, 3.05) is 13.1 Å². The molecule has 5 nitrogen and oxygen atoms in total. The summed E-state index contributed by atoms with van der Waals surface area (Å²) in [5.74, 6) is 0.445. The first kappa shape index (κ1) is 13.9. The molecule has 1 aromatic carbocycles. The highest BCUT2D eigenvalue weighted by molar-refractivity contribution is 5.82. The van der Waals surface area contributed by atoms with E-state index in [4.69, 9.17) is 0 Å². The van der Waals surface area contributed by atoms with Gasteiger partial charge in [0.15, 0.2) is 0 Å². The molecule has 0 aliphatic carbocycles. The van der Waals surface area contributed by atoms with Crippen LogP contribution >= 0.6 is 0 Å². The predicted molar refractivity (Wildman–Crippen MR) is 88.9 cm³/mol. The number of H-pyrrole nitrogens is 1. The van der Waals surface area contributed by atoms with E-state index in [0.717, 1.165) is 60.2 Å². The number of benzene rings is 1. The van der Waals surface area contributed by atoms with Gasteiger partial charge in [0.2, 0.25) is 6.41 Å². The van der Waals surface area contributed by atoms with Gasteiger partial charge < -0.3 is 4.90 Å². The van der Waals surface area contributed by atoms with Crippen LogP contribution in [-0.2, 0) is 4.79 Å². The number of fused-ring (bicyclic) bond motifs is 1. The molecule has 1 fully saturated rings. The number of carbonyl (C=O) groups is 1. The molecule has 5 heteroatoms. The Morgan fingerprint density at radius 1 is 1.17 bits per heavy atom. The van der Waals surface area contributed by atoms with Gasteiger partial charge in [-0.3, -0.25) is 14.9 Å². The summed E-state index contributed by atoms with van der Waals surface area (Å²) in [4.78, 5) is 17.1. The molecule has 116 valence electrons. The molecule has 23 heavy (non-hydrogen) atoms. The zero-order valence-electron chi connectivity index (χ0n) is 12.8. The Bertz CT molecular complexity index is 834. The van der Waals surface area contributed by atoms with Crippen molar-refractivity contribution in [3.8, 4) is 11.3 Å². The number of amides is 1. The molecule has 1 saturated heterocycles. The predicted octanol–water partition coefficient (Wildman–Crippen LogP) is 2.96. The van der Waals surface area contributed by atoms with E-state index in [9.17, 15) is 4.79 Å². The van der Waals surface area contributed by atoms with E-state index in [0.29, 0.717) is 5.92 Å². The lowest BCUT2D eigenvalue weighted by atomic mass is 9.93. The number of para-hydroxylation sites is 1. The van der Waals surface area contributed by atoms with Crippen molar-refractivity contribution in [1.29, 1.82) is 0 Å². The molecular weight excluding hydrogens is 288 g/mol. The van der Waals surface area contributed by atoms with Crippen LogP contribution in [0.5, 0.6) is 0 Å². The van der Waals surface area contributed by atoms with Crippen molar-refractivity contribution in [3.63, 3.8) is 0 Å². The number of carbonyl (C=O) groups excluding carboxylic acids is 1. The quantitative estimate of drug-likeness (QED) is 0.757. The summed E-state index contributed by atoms with van der Waals surface area (Å²) in [6, 6.07) is 12.3. The summed E-state index contributed by atoms with van der Waals surface area (Å²) < 4.78 is 0. The van der Waals surface area contributed by atoms with Gasteiger partial charge in [0.25, 0.3) is 0 Å². The molecule has 3 aromatic rings. The lowest BCUT2D eigenvalue weighted by molar-refractivity contribution is -0.119.